The average molecular weight is 163 g/mol. The standard InChI is InChI=1S/C6H13NO2S/c1-4(2)5(3-8)7-6(9)10/h4-5,8H,3H2,1-2H3,(H2,7,9,10). The summed E-state index contributed by atoms with van der Waals surface area (Å²) >= 11 is 3.52. The molecule has 0 aromatic rings. The van der Waals surface area contributed by atoms with E-state index in [1.54, 1.807) is 0 Å². The maximum atomic E-state index is 10.4. The molecule has 0 rings (SSSR count). The minimum Gasteiger partial charge on any atom is -0.394 e. The van der Waals surface area contributed by atoms with Crippen molar-refractivity contribution in [3.05, 3.63) is 0 Å². The van der Waals surface area contributed by atoms with Crippen LogP contribution in [0.3, 0.4) is 0 Å². The van der Waals surface area contributed by atoms with Crippen LogP contribution in [0.5, 0.6) is 0 Å². The van der Waals surface area contributed by atoms with Gasteiger partial charge in [-0.15, -0.1) is 0 Å². The van der Waals surface area contributed by atoms with Gasteiger partial charge < -0.3 is 10.4 Å². The van der Waals surface area contributed by atoms with Gasteiger partial charge >= 0.3 is 0 Å². The molecule has 0 bridgehead atoms. The fourth-order valence-electron chi connectivity index (χ4n) is 0.582. The van der Waals surface area contributed by atoms with E-state index in [1.807, 2.05) is 13.8 Å². The molecule has 0 aliphatic heterocycles. The molecule has 0 aliphatic rings. The van der Waals surface area contributed by atoms with Crippen molar-refractivity contribution >= 4 is 17.9 Å². The Morgan fingerprint density at radius 2 is 2.20 bits per heavy atom. The van der Waals surface area contributed by atoms with Crippen LogP contribution in [0.4, 0.5) is 4.79 Å². The fourth-order valence-corrected chi connectivity index (χ4v) is 0.748. The van der Waals surface area contributed by atoms with Gasteiger partial charge in [-0.25, -0.2) is 0 Å². The molecule has 1 atom stereocenters. The van der Waals surface area contributed by atoms with Crippen LogP contribution < -0.4 is 5.32 Å². The lowest BCUT2D eigenvalue weighted by atomic mass is 10.1. The molecule has 0 radical (unpaired) electrons. The van der Waals surface area contributed by atoms with Crippen molar-refractivity contribution in [2.75, 3.05) is 6.61 Å². The first-order chi connectivity index (χ1) is 4.57. The summed E-state index contributed by atoms with van der Waals surface area (Å²) in [6, 6.07) is -0.176. The molecule has 4 heteroatoms. The molecule has 1 amide bonds. The molecule has 0 spiro atoms. The van der Waals surface area contributed by atoms with Gasteiger partial charge in [-0.1, -0.05) is 26.5 Å². The van der Waals surface area contributed by atoms with Crippen LogP contribution >= 0.6 is 12.6 Å². The highest BCUT2D eigenvalue weighted by Gasteiger charge is 2.12. The second kappa shape index (κ2) is 4.57. The highest BCUT2D eigenvalue weighted by Crippen LogP contribution is 2.00. The number of carbonyl (C=O) groups excluding carboxylic acids is 1. The molecular formula is C6H13NO2S. The zero-order valence-electron chi connectivity index (χ0n) is 6.16. The van der Waals surface area contributed by atoms with E-state index in [2.05, 4.69) is 17.9 Å². The number of nitrogens with one attached hydrogen (secondary N) is 1. The average Bonchev–Trinajstić information content (AvgIpc) is 1.81. The fraction of sp³-hybridized carbons (Fsp3) is 0.833. The maximum absolute atomic E-state index is 10.4. The summed E-state index contributed by atoms with van der Waals surface area (Å²) in [4.78, 5) is 10.4. The van der Waals surface area contributed by atoms with E-state index in [0.717, 1.165) is 0 Å². The second-order valence-corrected chi connectivity index (χ2v) is 2.89. The lowest BCUT2D eigenvalue weighted by molar-refractivity contribution is 0.209. The third-order valence-electron chi connectivity index (χ3n) is 1.31. The largest absolute Gasteiger partial charge is 0.394 e. The Hall–Kier alpha value is -0.220. The van der Waals surface area contributed by atoms with Crippen molar-refractivity contribution in [1.29, 1.82) is 0 Å². The van der Waals surface area contributed by atoms with E-state index in [4.69, 9.17) is 5.11 Å². The summed E-state index contributed by atoms with van der Waals surface area (Å²) in [6.07, 6.45) is 0. The van der Waals surface area contributed by atoms with E-state index < -0.39 is 5.24 Å². The number of thiol groups is 1. The van der Waals surface area contributed by atoms with Gasteiger partial charge in [0.1, 0.15) is 0 Å². The van der Waals surface area contributed by atoms with Crippen LogP contribution in [0.15, 0.2) is 0 Å². The number of carbonyl (C=O) groups is 1. The van der Waals surface area contributed by atoms with Crippen molar-refractivity contribution in [2.24, 2.45) is 5.92 Å². The second-order valence-electron chi connectivity index (χ2n) is 2.48. The Balaban J connectivity index is 3.71. The van der Waals surface area contributed by atoms with E-state index >= 15 is 0 Å². The molecule has 3 nitrogen and oxygen atoms in total. The van der Waals surface area contributed by atoms with Crippen molar-refractivity contribution in [2.45, 2.75) is 19.9 Å². The van der Waals surface area contributed by atoms with Gasteiger partial charge in [0, 0.05) is 0 Å². The Kier molecular flexibility index (Phi) is 4.47. The predicted molar refractivity (Wildman–Crippen MR) is 43.2 cm³/mol. The number of rotatable bonds is 3. The predicted octanol–water partition coefficient (Wildman–Crippen LogP) is 0.643. The summed E-state index contributed by atoms with van der Waals surface area (Å²) in [7, 11) is 0. The third kappa shape index (κ3) is 3.74. The molecule has 0 aromatic carbocycles. The number of hydrogen-bond donors (Lipinski definition) is 3. The number of hydrogen-bond acceptors (Lipinski definition) is 2. The topological polar surface area (TPSA) is 49.3 Å². The van der Waals surface area contributed by atoms with Crippen molar-refractivity contribution in [3.8, 4) is 0 Å². The molecule has 0 aliphatic carbocycles. The smallest absolute Gasteiger partial charge is 0.276 e. The molecule has 0 fully saturated rings. The molecular weight excluding hydrogens is 150 g/mol. The van der Waals surface area contributed by atoms with Crippen LogP contribution in [0.2, 0.25) is 0 Å². The SMILES string of the molecule is CC(C)C(CO)NC(=O)S. The third-order valence-corrected chi connectivity index (χ3v) is 1.44. The monoisotopic (exact) mass is 163 g/mol. The number of aliphatic hydroxyl groups excluding tert-OH is 1. The first-order valence-electron chi connectivity index (χ1n) is 3.18. The minimum absolute atomic E-state index is 0.0377. The molecule has 0 heterocycles. The highest BCUT2D eigenvalue weighted by molar-refractivity contribution is 7.96. The molecule has 60 valence electrons. The molecule has 0 aromatic heterocycles. The zero-order valence-corrected chi connectivity index (χ0v) is 7.06. The van der Waals surface area contributed by atoms with Crippen molar-refractivity contribution < 1.29 is 9.90 Å². The van der Waals surface area contributed by atoms with Gasteiger partial charge in [0.25, 0.3) is 5.24 Å². The normalized spacial score (nSPS) is 13.3. The summed E-state index contributed by atoms with van der Waals surface area (Å²) in [5, 5.41) is 10.8. The Morgan fingerprint density at radius 1 is 1.70 bits per heavy atom. The molecule has 2 N–H and O–H groups in total. The lowest BCUT2D eigenvalue weighted by Crippen LogP contribution is -2.38. The number of aliphatic hydroxyl groups is 1. The van der Waals surface area contributed by atoms with Gasteiger partial charge in [0.2, 0.25) is 0 Å². The first kappa shape index (κ1) is 9.78. The van der Waals surface area contributed by atoms with Crippen LogP contribution in [0.25, 0.3) is 0 Å². The van der Waals surface area contributed by atoms with Gasteiger partial charge in [-0.3, -0.25) is 4.79 Å². The summed E-state index contributed by atoms with van der Waals surface area (Å²) in [5.41, 5.74) is 0. The Morgan fingerprint density at radius 3 is 2.30 bits per heavy atom. The highest BCUT2D eigenvalue weighted by atomic mass is 32.1. The van der Waals surface area contributed by atoms with E-state index in [9.17, 15) is 4.79 Å². The molecule has 0 saturated carbocycles. The van der Waals surface area contributed by atoms with Crippen LogP contribution in [0, 0.1) is 5.92 Å². The van der Waals surface area contributed by atoms with Gasteiger partial charge in [-0.2, -0.15) is 0 Å². The van der Waals surface area contributed by atoms with Crippen molar-refractivity contribution in [1.82, 2.24) is 5.32 Å². The minimum atomic E-state index is -0.396. The Labute approximate surface area is 66.2 Å². The van der Waals surface area contributed by atoms with Crippen LogP contribution in [-0.2, 0) is 0 Å². The number of amides is 1. The van der Waals surface area contributed by atoms with Gasteiger partial charge in [0.15, 0.2) is 0 Å². The first-order valence-corrected chi connectivity index (χ1v) is 3.63. The summed E-state index contributed by atoms with van der Waals surface area (Å²) in [6.45, 7) is 3.80. The lowest BCUT2D eigenvalue weighted by Gasteiger charge is -2.17. The van der Waals surface area contributed by atoms with Crippen molar-refractivity contribution in [3.63, 3.8) is 0 Å². The molecule has 0 saturated heterocycles. The van der Waals surface area contributed by atoms with E-state index in [-0.39, 0.29) is 18.6 Å². The van der Waals surface area contributed by atoms with Gasteiger partial charge in [0.05, 0.1) is 12.6 Å². The van der Waals surface area contributed by atoms with Crippen LogP contribution in [-0.4, -0.2) is 23.0 Å². The summed E-state index contributed by atoms with van der Waals surface area (Å²) < 4.78 is 0. The molecule has 1 unspecified atom stereocenters. The summed E-state index contributed by atoms with van der Waals surface area (Å²) in [5.74, 6) is 0.237. The Bertz CT molecular complexity index is 116. The van der Waals surface area contributed by atoms with E-state index in [1.165, 1.54) is 0 Å². The maximum Gasteiger partial charge on any atom is 0.276 e. The van der Waals surface area contributed by atoms with Gasteiger partial charge in [-0.05, 0) is 5.92 Å². The zero-order chi connectivity index (χ0) is 8.15. The van der Waals surface area contributed by atoms with E-state index in [0.29, 0.717) is 0 Å². The molecule has 10 heavy (non-hydrogen) atoms. The quantitative estimate of drug-likeness (QED) is 0.535. The van der Waals surface area contributed by atoms with Crippen LogP contribution in [0.1, 0.15) is 13.8 Å².